The van der Waals surface area contributed by atoms with E-state index in [1.54, 1.807) is 17.7 Å². The van der Waals surface area contributed by atoms with Gasteiger partial charge in [-0.3, -0.25) is 4.57 Å². The van der Waals surface area contributed by atoms with Gasteiger partial charge in [0, 0.05) is 6.07 Å². The number of halogens is 3. The number of aromatic nitrogens is 2. The zero-order valence-corrected chi connectivity index (χ0v) is 13.1. The van der Waals surface area contributed by atoms with E-state index in [4.69, 9.17) is 40.2 Å². The summed E-state index contributed by atoms with van der Waals surface area (Å²) in [7, 11) is 1.58. The number of hydrogen-bond donors (Lipinski definition) is 1. The normalized spacial score (nSPS) is 11.0. The van der Waals surface area contributed by atoms with E-state index in [0.717, 1.165) is 11.0 Å². The lowest BCUT2D eigenvalue weighted by atomic mass is 10.2. The molecule has 0 aliphatic carbocycles. The highest BCUT2D eigenvalue weighted by Crippen LogP contribution is 2.33. The molecular weight excluding hydrogens is 334 g/mol. The van der Waals surface area contributed by atoms with Crippen molar-refractivity contribution in [2.45, 2.75) is 0 Å². The third-order valence-electron chi connectivity index (χ3n) is 3.09. The van der Waals surface area contributed by atoms with Crippen LogP contribution in [0.15, 0.2) is 30.3 Å². The molecule has 0 unspecified atom stereocenters. The van der Waals surface area contributed by atoms with Crippen LogP contribution in [-0.2, 0) is 0 Å². The number of ether oxygens (including phenoxy) is 1. The molecule has 0 saturated heterocycles. The summed E-state index contributed by atoms with van der Waals surface area (Å²) in [5.41, 5.74) is 1.99. The second-order valence-corrected chi connectivity index (χ2v) is 5.57. The highest BCUT2D eigenvalue weighted by molar-refractivity contribution is 7.71. The largest absolute Gasteiger partial charge is 0.497 e. The van der Waals surface area contributed by atoms with Crippen molar-refractivity contribution in [3.8, 4) is 11.4 Å². The molecule has 2 aromatic carbocycles. The Morgan fingerprint density at radius 2 is 1.86 bits per heavy atom. The third kappa shape index (κ3) is 2.41. The Kier molecular flexibility index (Phi) is 3.65. The molecule has 1 heterocycles. The van der Waals surface area contributed by atoms with E-state index < -0.39 is 5.82 Å². The van der Waals surface area contributed by atoms with Crippen molar-refractivity contribution in [1.82, 2.24) is 9.55 Å². The van der Waals surface area contributed by atoms with Crippen molar-refractivity contribution in [3.63, 3.8) is 0 Å². The summed E-state index contributed by atoms with van der Waals surface area (Å²) in [5, 5.41) is 0.376. The van der Waals surface area contributed by atoms with Gasteiger partial charge in [0.25, 0.3) is 0 Å². The van der Waals surface area contributed by atoms with Crippen LogP contribution in [-0.4, -0.2) is 16.7 Å². The molecule has 7 heteroatoms. The van der Waals surface area contributed by atoms with E-state index in [1.165, 1.54) is 12.1 Å². The van der Waals surface area contributed by atoms with E-state index in [0.29, 0.717) is 16.2 Å². The summed E-state index contributed by atoms with van der Waals surface area (Å²) in [6.07, 6.45) is 0. The predicted octanol–water partition coefficient (Wildman–Crippen LogP) is 5.14. The average Bonchev–Trinajstić information content (AvgIpc) is 2.73. The summed E-state index contributed by atoms with van der Waals surface area (Å²) in [6, 6.07) is 7.84. The van der Waals surface area contributed by atoms with Gasteiger partial charge in [-0.25, -0.2) is 4.39 Å². The number of hydrogen-bond acceptors (Lipinski definition) is 2. The number of benzene rings is 2. The summed E-state index contributed by atoms with van der Waals surface area (Å²) < 4.78 is 20.6. The Morgan fingerprint density at radius 3 is 2.48 bits per heavy atom. The molecular formula is C14H9Cl2FN2OS. The first-order valence-electron chi connectivity index (χ1n) is 5.95. The number of nitrogens with zero attached hydrogens (tertiary/aromatic N) is 1. The topological polar surface area (TPSA) is 29.9 Å². The highest BCUT2D eigenvalue weighted by atomic mass is 35.5. The second kappa shape index (κ2) is 5.33. The van der Waals surface area contributed by atoms with E-state index >= 15 is 0 Å². The van der Waals surface area contributed by atoms with Crippen LogP contribution < -0.4 is 4.74 Å². The van der Waals surface area contributed by atoms with Gasteiger partial charge in [0.15, 0.2) is 4.77 Å². The first kappa shape index (κ1) is 14.4. The van der Waals surface area contributed by atoms with Crippen LogP contribution in [0.25, 0.3) is 16.7 Å². The summed E-state index contributed by atoms with van der Waals surface area (Å²) in [4.78, 5) is 3.06. The lowest BCUT2D eigenvalue weighted by Crippen LogP contribution is -1.97. The molecule has 0 bridgehead atoms. The van der Waals surface area contributed by atoms with Gasteiger partial charge < -0.3 is 9.72 Å². The Hall–Kier alpha value is -1.56. The summed E-state index contributed by atoms with van der Waals surface area (Å²) in [6.45, 7) is 0. The lowest BCUT2D eigenvalue weighted by Gasteiger charge is -2.10. The maximum absolute atomic E-state index is 13.3. The maximum Gasteiger partial charge on any atom is 0.182 e. The van der Waals surface area contributed by atoms with Crippen molar-refractivity contribution in [3.05, 3.63) is 51.0 Å². The average molecular weight is 343 g/mol. The zero-order chi connectivity index (χ0) is 15.1. The summed E-state index contributed by atoms with van der Waals surface area (Å²) in [5.74, 6) is 0.198. The summed E-state index contributed by atoms with van der Waals surface area (Å²) >= 11 is 17.6. The quantitative estimate of drug-likeness (QED) is 0.653. The molecule has 0 amide bonds. The SMILES string of the molecule is COc1ccc2c(c1)[nH]c(=S)n2-c1c(Cl)cc(F)cc1Cl. The predicted molar refractivity (Wildman–Crippen MR) is 85.0 cm³/mol. The Bertz CT molecular complexity index is 881. The fraction of sp³-hybridized carbons (Fsp3) is 0.0714. The second-order valence-electron chi connectivity index (χ2n) is 4.37. The molecule has 0 radical (unpaired) electrons. The molecule has 0 saturated carbocycles. The number of fused-ring (bicyclic) bond motifs is 1. The molecule has 0 aliphatic rings. The minimum Gasteiger partial charge on any atom is -0.497 e. The number of methoxy groups -OCH3 is 1. The molecule has 3 nitrogen and oxygen atoms in total. The van der Waals surface area contributed by atoms with Gasteiger partial charge in [0.1, 0.15) is 11.6 Å². The smallest absolute Gasteiger partial charge is 0.182 e. The molecule has 108 valence electrons. The van der Waals surface area contributed by atoms with Crippen molar-refractivity contribution in [1.29, 1.82) is 0 Å². The van der Waals surface area contributed by atoms with Gasteiger partial charge in [-0.1, -0.05) is 23.2 Å². The molecule has 1 aromatic heterocycles. The Balaban J connectivity index is 2.36. The van der Waals surface area contributed by atoms with Gasteiger partial charge in [0.05, 0.1) is 33.9 Å². The number of nitrogens with one attached hydrogen (secondary N) is 1. The molecule has 3 rings (SSSR count). The number of imidazole rings is 1. The van der Waals surface area contributed by atoms with Crippen LogP contribution in [0.1, 0.15) is 0 Å². The first-order valence-corrected chi connectivity index (χ1v) is 7.11. The third-order valence-corrected chi connectivity index (χ3v) is 3.96. The minimum atomic E-state index is -0.498. The van der Waals surface area contributed by atoms with Gasteiger partial charge in [-0.15, -0.1) is 0 Å². The van der Waals surface area contributed by atoms with E-state index in [2.05, 4.69) is 4.98 Å². The molecule has 0 atom stereocenters. The van der Waals surface area contributed by atoms with Crippen LogP contribution in [0.4, 0.5) is 4.39 Å². The van der Waals surface area contributed by atoms with E-state index in [-0.39, 0.29) is 10.0 Å². The maximum atomic E-state index is 13.3. The van der Waals surface area contributed by atoms with Crippen molar-refractivity contribution < 1.29 is 9.13 Å². The molecule has 1 N–H and O–H groups in total. The van der Waals surface area contributed by atoms with Gasteiger partial charge in [0.2, 0.25) is 0 Å². The molecule has 0 aliphatic heterocycles. The van der Waals surface area contributed by atoms with Crippen LogP contribution in [0, 0.1) is 10.6 Å². The minimum absolute atomic E-state index is 0.188. The monoisotopic (exact) mass is 342 g/mol. The van der Waals surface area contributed by atoms with Crippen LogP contribution in [0.2, 0.25) is 10.0 Å². The van der Waals surface area contributed by atoms with Gasteiger partial charge in [-0.05, 0) is 36.5 Å². The molecule has 3 aromatic rings. The molecule has 0 spiro atoms. The molecule has 21 heavy (non-hydrogen) atoms. The Morgan fingerprint density at radius 1 is 1.19 bits per heavy atom. The van der Waals surface area contributed by atoms with Crippen molar-refractivity contribution >= 4 is 46.5 Å². The number of H-pyrrole nitrogens is 1. The van der Waals surface area contributed by atoms with Crippen molar-refractivity contribution in [2.75, 3.05) is 7.11 Å². The van der Waals surface area contributed by atoms with Gasteiger partial charge >= 0.3 is 0 Å². The van der Waals surface area contributed by atoms with E-state index in [9.17, 15) is 4.39 Å². The van der Waals surface area contributed by atoms with Crippen LogP contribution >= 0.6 is 35.4 Å². The zero-order valence-electron chi connectivity index (χ0n) is 10.8. The number of rotatable bonds is 2. The van der Waals surface area contributed by atoms with E-state index in [1.807, 2.05) is 12.1 Å². The first-order chi connectivity index (χ1) is 10.0. The van der Waals surface area contributed by atoms with Crippen molar-refractivity contribution in [2.24, 2.45) is 0 Å². The Labute approximate surface area is 134 Å². The lowest BCUT2D eigenvalue weighted by molar-refractivity contribution is 0.415. The van der Waals surface area contributed by atoms with Crippen LogP contribution in [0.3, 0.4) is 0 Å². The number of aromatic amines is 1. The standard InChI is InChI=1S/C14H9Cl2FN2OS/c1-20-8-2-3-12-11(6-8)18-14(21)19(12)13-9(15)4-7(17)5-10(13)16/h2-6H,1H3,(H,18,21). The van der Waals surface area contributed by atoms with Crippen LogP contribution in [0.5, 0.6) is 5.75 Å². The fourth-order valence-corrected chi connectivity index (χ4v) is 3.12. The molecule has 0 fully saturated rings. The fourth-order valence-electron chi connectivity index (χ4n) is 2.19. The van der Waals surface area contributed by atoms with Gasteiger partial charge in [-0.2, -0.15) is 0 Å². The highest BCUT2D eigenvalue weighted by Gasteiger charge is 2.15.